The number of oxazole rings is 1. The number of anilines is 2. The Morgan fingerprint density at radius 2 is 2.00 bits per heavy atom. The standard InChI is InChI=1S/C21H20N4O3S/c1-27-14-6-7-16-18(12-14)29-20(22-16)24-19(26)13-8-10-25(11-9-13)21-23-15-4-2-3-5-17(15)28-21/h2-7,12-13H,8-11H2,1H3,(H,22,24,26). The molecule has 1 fully saturated rings. The Hall–Kier alpha value is -3.13. The molecule has 8 heteroatoms. The molecule has 7 nitrogen and oxygen atoms in total. The molecule has 0 radical (unpaired) electrons. The van der Waals surface area contributed by atoms with Crippen LogP contribution < -0.4 is 15.0 Å². The van der Waals surface area contributed by atoms with E-state index in [1.807, 2.05) is 42.5 Å². The molecular weight excluding hydrogens is 388 g/mol. The predicted octanol–water partition coefficient (Wildman–Crippen LogP) is 4.30. The van der Waals surface area contributed by atoms with Crippen LogP contribution in [0.1, 0.15) is 12.8 Å². The van der Waals surface area contributed by atoms with Gasteiger partial charge in [-0.05, 0) is 43.2 Å². The van der Waals surface area contributed by atoms with Crippen LogP contribution >= 0.6 is 11.3 Å². The minimum atomic E-state index is -0.0443. The second-order valence-electron chi connectivity index (χ2n) is 7.07. The number of nitrogens with one attached hydrogen (secondary N) is 1. The smallest absolute Gasteiger partial charge is 0.298 e. The molecule has 1 N–H and O–H groups in total. The lowest BCUT2D eigenvalue weighted by molar-refractivity contribution is -0.120. The van der Waals surface area contributed by atoms with Gasteiger partial charge in [0.15, 0.2) is 10.7 Å². The first kappa shape index (κ1) is 17.9. The largest absolute Gasteiger partial charge is 0.497 e. The van der Waals surface area contributed by atoms with Gasteiger partial charge in [-0.25, -0.2) is 4.98 Å². The van der Waals surface area contributed by atoms with E-state index in [4.69, 9.17) is 9.15 Å². The molecule has 2 aromatic heterocycles. The van der Waals surface area contributed by atoms with Gasteiger partial charge in [0.1, 0.15) is 11.3 Å². The minimum Gasteiger partial charge on any atom is -0.497 e. The van der Waals surface area contributed by atoms with Crippen molar-refractivity contribution >= 4 is 49.7 Å². The molecule has 1 amide bonds. The second kappa shape index (κ2) is 7.36. The number of piperidine rings is 1. The molecule has 3 heterocycles. The average molecular weight is 408 g/mol. The third kappa shape index (κ3) is 3.51. The Morgan fingerprint density at radius 3 is 2.79 bits per heavy atom. The maximum Gasteiger partial charge on any atom is 0.298 e. The summed E-state index contributed by atoms with van der Waals surface area (Å²) in [6, 6.07) is 14.1. The molecule has 148 valence electrons. The number of benzene rings is 2. The Bertz CT molecular complexity index is 1140. The lowest BCUT2D eigenvalue weighted by atomic mass is 9.96. The fourth-order valence-corrected chi connectivity index (χ4v) is 4.52. The number of amides is 1. The Balaban J connectivity index is 1.23. The number of thiazole rings is 1. The summed E-state index contributed by atoms with van der Waals surface area (Å²) in [6.45, 7) is 1.48. The summed E-state index contributed by atoms with van der Waals surface area (Å²) in [5.74, 6) is 0.760. The van der Waals surface area contributed by atoms with Crippen molar-refractivity contribution in [2.24, 2.45) is 5.92 Å². The first-order valence-corrected chi connectivity index (χ1v) is 10.4. The number of hydrogen-bond donors (Lipinski definition) is 1. The minimum absolute atomic E-state index is 0.0215. The number of carbonyl (C=O) groups excluding carboxylic acids is 1. The number of carbonyl (C=O) groups is 1. The third-order valence-corrected chi connectivity index (χ3v) is 6.18. The van der Waals surface area contributed by atoms with Crippen molar-refractivity contribution in [3.05, 3.63) is 42.5 Å². The molecule has 0 unspecified atom stereocenters. The van der Waals surface area contributed by atoms with Crippen LogP contribution in [0.15, 0.2) is 46.9 Å². The fourth-order valence-electron chi connectivity index (χ4n) is 3.62. The van der Waals surface area contributed by atoms with Gasteiger partial charge in [-0.1, -0.05) is 23.5 Å². The van der Waals surface area contributed by atoms with Crippen molar-refractivity contribution in [1.29, 1.82) is 0 Å². The summed E-state index contributed by atoms with van der Waals surface area (Å²) in [7, 11) is 1.64. The fraction of sp³-hybridized carbons (Fsp3) is 0.286. The quantitative estimate of drug-likeness (QED) is 0.542. The number of nitrogens with zero attached hydrogens (tertiary/aromatic N) is 3. The van der Waals surface area contributed by atoms with Crippen LogP contribution in [-0.4, -0.2) is 36.1 Å². The van der Waals surface area contributed by atoms with E-state index in [-0.39, 0.29) is 11.8 Å². The van der Waals surface area contributed by atoms with Gasteiger partial charge in [-0.3, -0.25) is 4.79 Å². The number of fused-ring (bicyclic) bond motifs is 2. The van der Waals surface area contributed by atoms with Crippen molar-refractivity contribution < 1.29 is 13.9 Å². The van der Waals surface area contributed by atoms with E-state index >= 15 is 0 Å². The molecule has 0 atom stereocenters. The highest BCUT2D eigenvalue weighted by Crippen LogP contribution is 2.31. The number of rotatable bonds is 4. The summed E-state index contributed by atoms with van der Waals surface area (Å²) < 4.78 is 12.1. The third-order valence-electron chi connectivity index (χ3n) is 5.24. The first-order valence-electron chi connectivity index (χ1n) is 9.55. The summed E-state index contributed by atoms with van der Waals surface area (Å²) in [5, 5.41) is 3.61. The van der Waals surface area contributed by atoms with Gasteiger partial charge >= 0.3 is 0 Å². The molecule has 4 aromatic rings. The molecule has 0 aliphatic carbocycles. The first-order chi connectivity index (χ1) is 14.2. The average Bonchev–Trinajstić information content (AvgIpc) is 3.36. The van der Waals surface area contributed by atoms with Gasteiger partial charge in [0, 0.05) is 19.0 Å². The van der Waals surface area contributed by atoms with Crippen molar-refractivity contribution in [2.45, 2.75) is 12.8 Å². The van der Waals surface area contributed by atoms with E-state index < -0.39 is 0 Å². The highest BCUT2D eigenvalue weighted by molar-refractivity contribution is 7.22. The number of ether oxygens (including phenoxy) is 1. The van der Waals surface area contributed by atoms with E-state index in [1.165, 1.54) is 11.3 Å². The SMILES string of the molecule is COc1ccc2nc(NC(=O)C3CCN(c4nc5ccccc5o4)CC3)sc2c1. The lowest BCUT2D eigenvalue weighted by Gasteiger charge is -2.29. The van der Waals surface area contributed by atoms with Gasteiger partial charge in [0.25, 0.3) is 6.01 Å². The van der Waals surface area contributed by atoms with E-state index in [0.717, 1.165) is 53.0 Å². The van der Waals surface area contributed by atoms with Gasteiger partial charge in [0.05, 0.1) is 17.3 Å². The van der Waals surface area contributed by atoms with Gasteiger partial charge in [-0.2, -0.15) is 4.98 Å². The topological polar surface area (TPSA) is 80.5 Å². The highest BCUT2D eigenvalue weighted by atomic mass is 32.1. The van der Waals surface area contributed by atoms with Crippen LogP contribution in [-0.2, 0) is 4.79 Å². The van der Waals surface area contributed by atoms with Crippen LogP contribution in [0.2, 0.25) is 0 Å². The number of hydrogen-bond acceptors (Lipinski definition) is 7. The molecule has 1 aliphatic heterocycles. The Morgan fingerprint density at radius 1 is 1.17 bits per heavy atom. The summed E-state index contributed by atoms with van der Waals surface area (Å²) in [5.41, 5.74) is 2.50. The Kier molecular flexibility index (Phi) is 4.55. The molecule has 2 aromatic carbocycles. The van der Waals surface area contributed by atoms with E-state index in [2.05, 4.69) is 20.2 Å². The van der Waals surface area contributed by atoms with Crippen molar-refractivity contribution in [3.63, 3.8) is 0 Å². The molecule has 5 rings (SSSR count). The molecular formula is C21H20N4O3S. The van der Waals surface area contributed by atoms with Crippen molar-refractivity contribution in [2.75, 3.05) is 30.4 Å². The highest BCUT2D eigenvalue weighted by Gasteiger charge is 2.27. The zero-order valence-electron chi connectivity index (χ0n) is 15.9. The van der Waals surface area contributed by atoms with Gasteiger partial charge < -0.3 is 19.4 Å². The number of methoxy groups -OCH3 is 1. The summed E-state index contributed by atoms with van der Waals surface area (Å²) in [6.07, 6.45) is 1.51. The van der Waals surface area contributed by atoms with Gasteiger partial charge in [-0.15, -0.1) is 0 Å². The molecule has 29 heavy (non-hydrogen) atoms. The maximum atomic E-state index is 12.7. The molecule has 0 saturated carbocycles. The van der Waals surface area contributed by atoms with E-state index in [1.54, 1.807) is 7.11 Å². The summed E-state index contributed by atoms with van der Waals surface area (Å²) in [4.78, 5) is 23.9. The van der Waals surface area contributed by atoms with Crippen LogP contribution in [0.3, 0.4) is 0 Å². The lowest BCUT2D eigenvalue weighted by Crippen LogP contribution is -2.38. The molecule has 1 saturated heterocycles. The van der Waals surface area contributed by atoms with Crippen molar-refractivity contribution in [1.82, 2.24) is 9.97 Å². The zero-order chi connectivity index (χ0) is 19.8. The molecule has 0 bridgehead atoms. The normalized spacial score (nSPS) is 15.1. The maximum absolute atomic E-state index is 12.7. The van der Waals surface area contributed by atoms with Crippen LogP contribution in [0.4, 0.5) is 11.1 Å². The second-order valence-corrected chi connectivity index (χ2v) is 8.10. The molecule has 1 aliphatic rings. The van der Waals surface area contributed by atoms with E-state index in [9.17, 15) is 4.79 Å². The number of para-hydroxylation sites is 2. The zero-order valence-corrected chi connectivity index (χ0v) is 16.7. The molecule has 0 spiro atoms. The number of aromatic nitrogens is 2. The van der Waals surface area contributed by atoms with Crippen LogP contribution in [0, 0.1) is 5.92 Å². The predicted molar refractivity (Wildman–Crippen MR) is 114 cm³/mol. The van der Waals surface area contributed by atoms with Crippen LogP contribution in [0.5, 0.6) is 5.75 Å². The summed E-state index contributed by atoms with van der Waals surface area (Å²) >= 11 is 1.46. The van der Waals surface area contributed by atoms with Gasteiger partial charge in [0.2, 0.25) is 5.91 Å². The van der Waals surface area contributed by atoms with Crippen LogP contribution in [0.25, 0.3) is 21.3 Å². The van der Waals surface area contributed by atoms with Crippen molar-refractivity contribution in [3.8, 4) is 5.75 Å². The van der Waals surface area contributed by atoms with E-state index in [0.29, 0.717) is 11.1 Å². The Labute approximate surface area is 171 Å². The monoisotopic (exact) mass is 408 g/mol.